The highest BCUT2D eigenvalue weighted by atomic mass is 19.1. The maximum Gasteiger partial charge on any atom is 0.265 e. The van der Waals surface area contributed by atoms with Crippen LogP contribution in [-0.2, 0) is 14.9 Å². The Morgan fingerprint density at radius 1 is 1.44 bits per heavy atom. The molecule has 2 aromatic rings. The maximum absolute atomic E-state index is 13.1. The van der Waals surface area contributed by atoms with E-state index in [1.54, 1.807) is 23.5 Å². The number of ether oxygens (including phenoxy) is 1. The van der Waals surface area contributed by atoms with Crippen molar-refractivity contribution in [3.8, 4) is 0 Å². The molecule has 2 saturated carbocycles. The summed E-state index contributed by atoms with van der Waals surface area (Å²) in [4.78, 5) is 44.6. The van der Waals surface area contributed by atoms with Crippen LogP contribution in [0.1, 0.15) is 49.2 Å². The van der Waals surface area contributed by atoms with E-state index in [1.807, 2.05) is 6.20 Å². The molecule has 0 radical (unpaired) electrons. The number of hydrogen-bond acceptors (Lipinski definition) is 5. The van der Waals surface area contributed by atoms with Gasteiger partial charge in [0.2, 0.25) is 12.2 Å². The fraction of sp³-hybridized carbons (Fsp3) is 0.455. The van der Waals surface area contributed by atoms with Crippen molar-refractivity contribution >= 4 is 18.1 Å². The van der Waals surface area contributed by atoms with Gasteiger partial charge in [-0.05, 0) is 38.8 Å². The highest BCUT2D eigenvalue weighted by Crippen LogP contribution is 2.58. The molecule has 2 amide bonds. The first kappa shape index (κ1) is 20.6. The van der Waals surface area contributed by atoms with Crippen molar-refractivity contribution in [2.24, 2.45) is 0 Å². The zero-order valence-electron chi connectivity index (χ0n) is 17.8. The van der Waals surface area contributed by atoms with Crippen molar-refractivity contribution in [3.05, 3.63) is 58.1 Å². The van der Waals surface area contributed by atoms with E-state index < -0.39 is 23.7 Å². The van der Waals surface area contributed by atoms with E-state index in [-0.39, 0.29) is 16.6 Å². The molecule has 168 valence electrons. The molecule has 2 bridgehead atoms. The van der Waals surface area contributed by atoms with Crippen molar-refractivity contribution in [2.45, 2.75) is 56.3 Å². The summed E-state index contributed by atoms with van der Waals surface area (Å²) in [6, 6.07) is -0.415. The van der Waals surface area contributed by atoms with Crippen LogP contribution >= 0.6 is 0 Å². The highest BCUT2D eigenvalue weighted by Gasteiger charge is 2.61. The van der Waals surface area contributed by atoms with Gasteiger partial charge in [0.05, 0.1) is 23.9 Å². The largest absolute Gasteiger partial charge is 0.374 e. The number of alkyl halides is 1. The number of fused-ring (bicyclic) bond motifs is 2. The van der Waals surface area contributed by atoms with Crippen LogP contribution in [0.5, 0.6) is 0 Å². The van der Waals surface area contributed by atoms with E-state index in [0.717, 1.165) is 18.5 Å². The minimum absolute atomic E-state index is 0.0513. The molecule has 2 saturated heterocycles. The molecule has 9 nitrogen and oxygen atoms in total. The van der Waals surface area contributed by atoms with Crippen LogP contribution in [0.25, 0.3) is 5.78 Å². The number of rotatable bonds is 7. The van der Waals surface area contributed by atoms with Crippen molar-refractivity contribution in [1.82, 2.24) is 24.6 Å². The average Bonchev–Trinajstić information content (AvgIpc) is 3.04. The number of nitrogens with one attached hydrogen (secondary N) is 2. The first-order chi connectivity index (χ1) is 15.2. The minimum atomic E-state index is -0.991. The molecule has 6 rings (SSSR count). The fourth-order valence-electron chi connectivity index (χ4n) is 4.78. The van der Waals surface area contributed by atoms with Crippen molar-refractivity contribution in [3.63, 3.8) is 0 Å². The van der Waals surface area contributed by atoms with E-state index >= 15 is 0 Å². The van der Waals surface area contributed by atoms with Crippen molar-refractivity contribution in [1.29, 1.82) is 0 Å². The topological polar surface area (TPSA) is 109 Å². The van der Waals surface area contributed by atoms with Gasteiger partial charge < -0.3 is 15.0 Å². The predicted molar refractivity (Wildman–Crippen MR) is 113 cm³/mol. The summed E-state index contributed by atoms with van der Waals surface area (Å²) in [5.41, 5.74) is 0.526. The Bertz CT molecular complexity index is 1220. The lowest BCUT2D eigenvalue weighted by Crippen LogP contribution is -2.45. The number of imidazole rings is 1. The standard InChI is InChI=1S/C22H24FN5O4/c1-13(4-3-5-27(12-29)16-6-15(16)23)24-18(30)14-7-28-8-17(25-20(28)26-19(14)31)22-9-21(2,10-22)32-11-22/h3-5,7-8,12,15-16H,6,9-11H2,1-2H3,(H,24,30)(H,25,26,31)/b5-3-,13-4+. The number of amides is 2. The molecule has 2 aliphatic carbocycles. The lowest BCUT2D eigenvalue weighted by atomic mass is 9.62. The summed E-state index contributed by atoms with van der Waals surface area (Å²) in [5, 5.41) is 2.65. The number of nitrogens with zero attached hydrogens (tertiary/aromatic N) is 3. The van der Waals surface area contributed by atoms with E-state index in [1.165, 1.54) is 17.3 Å². The Morgan fingerprint density at radius 3 is 2.81 bits per heavy atom. The summed E-state index contributed by atoms with van der Waals surface area (Å²) in [6.45, 7) is 4.35. The fourth-order valence-corrected chi connectivity index (χ4v) is 4.78. The molecule has 10 heteroatoms. The molecular weight excluding hydrogens is 417 g/mol. The lowest BCUT2D eigenvalue weighted by molar-refractivity contribution is -0.116. The zero-order chi connectivity index (χ0) is 22.7. The van der Waals surface area contributed by atoms with Crippen LogP contribution in [0.4, 0.5) is 4.39 Å². The molecule has 0 spiro atoms. The number of hydrogen-bond donors (Lipinski definition) is 2. The third-order valence-electron chi connectivity index (χ3n) is 6.48. The molecule has 2 aliphatic heterocycles. The van der Waals surface area contributed by atoms with Gasteiger partial charge in [0.25, 0.3) is 11.5 Å². The average molecular weight is 441 g/mol. The van der Waals surface area contributed by atoms with E-state index in [4.69, 9.17) is 4.74 Å². The Balaban J connectivity index is 1.30. The van der Waals surface area contributed by atoms with Gasteiger partial charge in [-0.1, -0.05) is 0 Å². The van der Waals surface area contributed by atoms with Crippen LogP contribution in [0.3, 0.4) is 0 Å². The van der Waals surface area contributed by atoms with E-state index in [2.05, 4.69) is 22.2 Å². The summed E-state index contributed by atoms with van der Waals surface area (Å²) in [5.74, 6) is -0.186. The third kappa shape index (κ3) is 3.44. The van der Waals surface area contributed by atoms with Gasteiger partial charge in [0.15, 0.2) is 0 Å². The maximum atomic E-state index is 13.1. The molecule has 2 atom stereocenters. The smallest absolute Gasteiger partial charge is 0.265 e. The molecule has 2 aromatic heterocycles. The van der Waals surface area contributed by atoms with E-state index in [0.29, 0.717) is 30.9 Å². The van der Waals surface area contributed by atoms with Crippen LogP contribution < -0.4 is 10.9 Å². The van der Waals surface area contributed by atoms with Gasteiger partial charge in [-0.25, -0.2) is 9.37 Å². The summed E-state index contributed by atoms with van der Waals surface area (Å²) >= 11 is 0. The predicted octanol–water partition coefficient (Wildman–Crippen LogP) is 1.56. The molecule has 0 aromatic carbocycles. The minimum Gasteiger partial charge on any atom is -0.374 e. The van der Waals surface area contributed by atoms with Crippen LogP contribution in [-0.4, -0.2) is 56.0 Å². The number of carbonyl (C=O) groups is 2. The molecule has 4 aliphatic rings. The number of allylic oxidation sites excluding steroid dienone is 3. The third-order valence-corrected chi connectivity index (χ3v) is 6.48. The Labute approximate surface area is 183 Å². The molecular formula is C22H24FN5O4. The molecule has 4 fully saturated rings. The number of aromatic nitrogens is 3. The summed E-state index contributed by atoms with van der Waals surface area (Å²) in [7, 11) is 0. The number of carbonyl (C=O) groups excluding carboxylic acids is 2. The van der Waals surface area contributed by atoms with Crippen LogP contribution in [0, 0.1) is 0 Å². The van der Waals surface area contributed by atoms with Crippen molar-refractivity contribution in [2.75, 3.05) is 6.61 Å². The molecule has 2 unspecified atom stereocenters. The van der Waals surface area contributed by atoms with Gasteiger partial charge in [0.1, 0.15) is 11.7 Å². The zero-order valence-corrected chi connectivity index (χ0v) is 17.8. The number of halogens is 1. The van der Waals surface area contributed by atoms with Crippen LogP contribution in [0.2, 0.25) is 0 Å². The Morgan fingerprint density at radius 2 is 2.19 bits per heavy atom. The lowest BCUT2D eigenvalue weighted by Gasteiger charge is -2.41. The first-order valence-electron chi connectivity index (χ1n) is 10.5. The quantitative estimate of drug-likeness (QED) is 0.501. The highest BCUT2D eigenvalue weighted by molar-refractivity contribution is 5.94. The Hall–Kier alpha value is -3.27. The first-order valence-corrected chi connectivity index (χ1v) is 10.5. The van der Waals surface area contributed by atoms with Crippen molar-refractivity contribution < 1.29 is 18.7 Å². The van der Waals surface area contributed by atoms with Crippen LogP contribution in [0.15, 0.2) is 41.2 Å². The molecule has 32 heavy (non-hydrogen) atoms. The van der Waals surface area contributed by atoms with E-state index in [9.17, 15) is 18.8 Å². The SMILES string of the molecule is C/C(=C\C=C/N(C=O)C1CC1F)NC(=O)c1cn2cc(C34COC(C)(C3)C4)nc2[nH]c1=O. The number of H-pyrrole nitrogens is 1. The van der Waals surface area contributed by atoms with Gasteiger partial charge in [0, 0.05) is 36.1 Å². The second kappa shape index (κ2) is 7.13. The van der Waals surface area contributed by atoms with Gasteiger partial charge in [-0.3, -0.25) is 23.8 Å². The van der Waals surface area contributed by atoms with Gasteiger partial charge in [-0.15, -0.1) is 0 Å². The number of aromatic amines is 1. The molecule has 2 N–H and O–H groups in total. The molecule has 4 heterocycles. The second-order valence-electron chi connectivity index (χ2n) is 9.24. The normalized spacial score (nSPS) is 31.0. The van der Waals surface area contributed by atoms with Gasteiger partial charge in [-0.2, -0.15) is 0 Å². The Kier molecular flexibility index (Phi) is 4.59. The monoisotopic (exact) mass is 441 g/mol. The second-order valence-corrected chi connectivity index (χ2v) is 9.24. The van der Waals surface area contributed by atoms with Gasteiger partial charge >= 0.3 is 0 Å². The summed E-state index contributed by atoms with van der Waals surface area (Å²) < 4.78 is 20.6. The summed E-state index contributed by atoms with van der Waals surface area (Å²) in [6.07, 6.45) is 9.57.